The maximum absolute atomic E-state index is 12.1. The van der Waals surface area contributed by atoms with Gasteiger partial charge in [0, 0.05) is 12.8 Å². The molecule has 0 aromatic rings. The number of unbranched alkanes of at least 4 members (excludes halogenated alkanes) is 5. The third kappa shape index (κ3) is 15.2. The molecule has 0 rings (SSSR count). The second-order valence-electron chi connectivity index (χ2n) is 6.61. The van der Waals surface area contributed by atoms with Crippen molar-refractivity contribution >= 4 is 17.9 Å². The summed E-state index contributed by atoms with van der Waals surface area (Å²) < 4.78 is 15.0. The molecule has 0 spiro atoms. The SMILES string of the molecule is CCOC(=O)CCCCCCC(CCCCCC(=O)OCC)C(=O)OCC. The molecule has 0 heterocycles. The monoisotopic (exact) mass is 386 g/mol. The van der Waals surface area contributed by atoms with Crippen molar-refractivity contribution in [2.24, 2.45) is 5.92 Å². The summed E-state index contributed by atoms with van der Waals surface area (Å²) in [4.78, 5) is 34.7. The molecule has 6 heteroatoms. The van der Waals surface area contributed by atoms with Gasteiger partial charge in [0.25, 0.3) is 0 Å². The summed E-state index contributed by atoms with van der Waals surface area (Å²) in [5, 5.41) is 0. The minimum Gasteiger partial charge on any atom is -0.466 e. The third-order valence-electron chi connectivity index (χ3n) is 4.35. The molecule has 0 radical (unpaired) electrons. The van der Waals surface area contributed by atoms with E-state index < -0.39 is 0 Å². The molecule has 0 saturated heterocycles. The highest BCUT2D eigenvalue weighted by molar-refractivity contribution is 5.72. The van der Waals surface area contributed by atoms with Gasteiger partial charge in [-0.2, -0.15) is 0 Å². The van der Waals surface area contributed by atoms with Crippen LogP contribution in [-0.4, -0.2) is 37.7 Å². The molecule has 0 fully saturated rings. The zero-order valence-electron chi connectivity index (χ0n) is 17.4. The van der Waals surface area contributed by atoms with E-state index in [0.29, 0.717) is 32.7 Å². The summed E-state index contributed by atoms with van der Waals surface area (Å²) in [7, 11) is 0. The standard InChI is InChI=1S/C21H38O6/c1-4-25-19(22)16-12-8-7-10-14-18(21(24)27-6-3)15-11-9-13-17-20(23)26-5-2/h18H,4-17H2,1-3H3. The van der Waals surface area contributed by atoms with Crippen LogP contribution >= 0.6 is 0 Å². The van der Waals surface area contributed by atoms with Crippen molar-refractivity contribution in [1.82, 2.24) is 0 Å². The van der Waals surface area contributed by atoms with Crippen molar-refractivity contribution < 1.29 is 28.6 Å². The molecule has 158 valence electrons. The normalized spacial score (nSPS) is 11.7. The van der Waals surface area contributed by atoms with E-state index >= 15 is 0 Å². The van der Waals surface area contributed by atoms with E-state index in [1.807, 2.05) is 13.8 Å². The van der Waals surface area contributed by atoms with Gasteiger partial charge in [-0.3, -0.25) is 14.4 Å². The molecule has 0 bridgehead atoms. The van der Waals surface area contributed by atoms with Crippen molar-refractivity contribution in [3.63, 3.8) is 0 Å². The van der Waals surface area contributed by atoms with Crippen molar-refractivity contribution in [3.05, 3.63) is 0 Å². The first-order valence-electron chi connectivity index (χ1n) is 10.5. The highest BCUT2D eigenvalue weighted by Crippen LogP contribution is 2.20. The predicted octanol–water partition coefficient (Wildman–Crippen LogP) is 4.58. The maximum Gasteiger partial charge on any atom is 0.308 e. The van der Waals surface area contributed by atoms with Crippen molar-refractivity contribution in [1.29, 1.82) is 0 Å². The van der Waals surface area contributed by atoms with Crippen LogP contribution < -0.4 is 0 Å². The van der Waals surface area contributed by atoms with E-state index in [4.69, 9.17) is 14.2 Å². The lowest BCUT2D eigenvalue weighted by Gasteiger charge is -2.15. The zero-order chi connectivity index (χ0) is 20.3. The van der Waals surface area contributed by atoms with Crippen LogP contribution in [0.15, 0.2) is 0 Å². The van der Waals surface area contributed by atoms with E-state index in [2.05, 4.69) is 0 Å². The van der Waals surface area contributed by atoms with Crippen LogP contribution in [0, 0.1) is 5.92 Å². The Morgan fingerprint density at radius 2 is 1.00 bits per heavy atom. The number of ether oxygens (including phenoxy) is 3. The molecule has 0 amide bonds. The number of carbonyl (C=O) groups excluding carboxylic acids is 3. The fourth-order valence-corrected chi connectivity index (χ4v) is 2.96. The molecule has 1 unspecified atom stereocenters. The van der Waals surface area contributed by atoms with Gasteiger partial charge in [-0.1, -0.05) is 32.1 Å². The van der Waals surface area contributed by atoms with E-state index in [9.17, 15) is 14.4 Å². The predicted molar refractivity (Wildman–Crippen MR) is 104 cm³/mol. The van der Waals surface area contributed by atoms with Gasteiger partial charge >= 0.3 is 17.9 Å². The van der Waals surface area contributed by atoms with Crippen molar-refractivity contribution in [2.45, 2.75) is 91.4 Å². The summed E-state index contributed by atoms with van der Waals surface area (Å²) in [5.74, 6) is -0.473. The van der Waals surface area contributed by atoms with Gasteiger partial charge in [-0.05, 0) is 46.5 Å². The lowest BCUT2D eigenvalue weighted by molar-refractivity contribution is -0.149. The lowest BCUT2D eigenvalue weighted by Crippen LogP contribution is -2.18. The number of rotatable bonds is 17. The van der Waals surface area contributed by atoms with Crippen LogP contribution in [0.1, 0.15) is 91.4 Å². The molecule has 0 aliphatic heterocycles. The van der Waals surface area contributed by atoms with Crippen molar-refractivity contribution in [3.8, 4) is 0 Å². The first kappa shape index (κ1) is 25.4. The summed E-state index contributed by atoms with van der Waals surface area (Å²) in [6.07, 6.45) is 8.88. The Hall–Kier alpha value is -1.59. The minimum atomic E-state index is -0.151. The Morgan fingerprint density at radius 1 is 0.593 bits per heavy atom. The summed E-state index contributed by atoms with van der Waals surface area (Å²) in [6.45, 7) is 6.69. The van der Waals surface area contributed by atoms with Gasteiger partial charge in [-0.25, -0.2) is 0 Å². The third-order valence-corrected chi connectivity index (χ3v) is 4.35. The first-order valence-corrected chi connectivity index (χ1v) is 10.5. The summed E-state index contributed by atoms with van der Waals surface area (Å²) in [5.41, 5.74) is 0. The highest BCUT2D eigenvalue weighted by atomic mass is 16.5. The molecule has 27 heavy (non-hydrogen) atoms. The Bertz CT molecular complexity index is 407. The number of hydrogen-bond donors (Lipinski definition) is 0. The second-order valence-corrected chi connectivity index (χ2v) is 6.61. The molecule has 0 aliphatic carbocycles. The Kier molecular flexibility index (Phi) is 16.8. The van der Waals surface area contributed by atoms with E-state index in [1.165, 1.54) is 0 Å². The molecule has 0 aromatic heterocycles. The Labute approximate surface area is 164 Å². The average molecular weight is 387 g/mol. The number of esters is 3. The van der Waals surface area contributed by atoms with Crippen LogP contribution in [0.5, 0.6) is 0 Å². The van der Waals surface area contributed by atoms with Gasteiger partial charge in [0.05, 0.1) is 25.7 Å². The number of carbonyl (C=O) groups is 3. The van der Waals surface area contributed by atoms with Crippen LogP contribution in [0.25, 0.3) is 0 Å². The lowest BCUT2D eigenvalue weighted by atomic mass is 9.94. The smallest absolute Gasteiger partial charge is 0.308 e. The minimum absolute atomic E-state index is 0.0717. The largest absolute Gasteiger partial charge is 0.466 e. The molecule has 0 aliphatic rings. The van der Waals surface area contributed by atoms with Gasteiger partial charge in [0.15, 0.2) is 0 Å². The van der Waals surface area contributed by atoms with Gasteiger partial charge in [-0.15, -0.1) is 0 Å². The quantitative estimate of drug-likeness (QED) is 0.207. The van der Waals surface area contributed by atoms with Crippen LogP contribution in [0.4, 0.5) is 0 Å². The molecule has 0 N–H and O–H groups in total. The van der Waals surface area contributed by atoms with Crippen molar-refractivity contribution in [2.75, 3.05) is 19.8 Å². The zero-order valence-corrected chi connectivity index (χ0v) is 17.4. The molecule has 0 aromatic carbocycles. The van der Waals surface area contributed by atoms with Gasteiger partial charge in [0.1, 0.15) is 0 Å². The molecule has 1 atom stereocenters. The number of hydrogen-bond acceptors (Lipinski definition) is 6. The molecular weight excluding hydrogens is 348 g/mol. The van der Waals surface area contributed by atoms with Crippen LogP contribution in [0.3, 0.4) is 0 Å². The topological polar surface area (TPSA) is 78.9 Å². The first-order chi connectivity index (χ1) is 13.0. The average Bonchev–Trinajstić information content (AvgIpc) is 2.63. The second kappa shape index (κ2) is 17.8. The van der Waals surface area contributed by atoms with E-state index in [-0.39, 0.29) is 23.8 Å². The molecule has 0 saturated carbocycles. The van der Waals surface area contributed by atoms with E-state index in [1.54, 1.807) is 6.92 Å². The maximum atomic E-state index is 12.1. The molecular formula is C21H38O6. The highest BCUT2D eigenvalue weighted by Gasteiger charge is 2.19. The fraction of sp³-hybridized carbons (Fsp3) is 0.857. The fourth-order valence-electron chi connectivity index (χ4n) is 2.96. The van der Waals surface area contributed by atoms with Crippen LogP contribution in [0.2, 0.25) is 0 Å². The Morgan fingerprint density at radius 3 is 1.44 bits per heavy atom. The molecule has 6 nitrogen and oxygen atoms in total. The Balaban J connectivity index is 3.96. The van der Waals surface area contributed by atoms with E-state index in [0.717, 1.165) is 57.8 Å². The summed E-state index contributed by atoms with van der Waals surface area (Å²) in [6, 6.07) is 0. The van der Waals surface area contributed by atoms with Gasteiger partial charge < -0.3 is 14.2 Å². The van der Waals surface area contributed by atoms with Crippen LogP contribution in [-0.2, 0) is 28.6 Å². The summed E-state index contributed by atoms with van der Waals surface area (Å²) >= 11 is 0. The van der Waals surface area contributed by atoms with Gasteiger partial charge in [0.2, 0.25) is 0 Å².